The van der Waals surface area contributed by atoms with Gasteiger partial charge in [0.2, 0.25) is 0 Å². The second kappa shape index (κ2) is 5.74. The molecular weight excluding hydrogens is 299 g/mol. The molecule has 0 spiro atoms. The van der Waals surface area contributed by atoms with Gasteiger partial charge in [0.05, 0.1) is 21.9 Å². The summed E-state index contributed by atoms with van der Waals surface area (Å²) in [5.41, 5.74) is 3.35. The zero-order valence-electron chi connectivity index (χ0n) is 8.45. The van der Waals surface area contributed by atoms with E-state index < -0.39 is 0 Å². The summed E-state index contributed by atoms with van der Waals surface area (Å²) >= 11 is 19.4. The molecule has 6 heteroatoms. The van der Waals surface area contributed by atoms with Gasteiger partial charge in [0.1, 0.15) is 0 Å². The van der Waals surface area contributed by atoms with Gasteiger partial charge in [-0.05, 0) is 23.6 Å². The summed E-state index contributed by atoms with van der Waals surface area (Å²) in [6, 6.07) is 7.13. The molecule has 1 aromatic heterocycles. The van der Waals surface area contributed by atoms with Crippen molar-refractivity contribution in [3.63, 3.8) is 0 Å². The van der Waals surface area contributed by atoms with Gasteiger partial charge in [0.15, 0.2) is 0 Å². The molecule has 0 amide bonds. The highest BCUT2D eigenvalue weighted by Crippen LogP contribution is 2.33. The summed E-state index contributed by atoms with van der Waals surface area (Å²) in [6.07, 6.45) is 1.70. The highest BCUT2D eigenvalue weighted by molar-refractivity contribution is 7.11. The Morgan fingerprint density at radius 3 is 2.47 bits per heavy atom. The van der Waals surface area contributed by atoms with Crippen molar-refractivity contribution >= 4 is 58.0 Å². The van der Waals surface area contributed by atoms with Crippen LogP contribution in [-0.4, -0.2) is 6.21 Å². The van der Waals surface area contributed by atoms with E-state index in [0.29, 0.717) is 20.8 Å². The Kier molecular flexibility index (Phi) is 4.29. The Morgan fingerprint density at radius 2 is 1.88 bits per heavy atom. The van der Waals surface area contributed by atoms with Crippen LogP contribution in [0.5, 0.6) is 0 Å². The first-order chi connectivity index (χ1) is 8.16. The van der Waals surface area contributed by atoms with Crippen LogP contribution in [0, 0.1) is 0 Å². The van der Waals surface area contributed by atoms with Gasteiger partial charge >= 0.3 is 0 Å². The van der Waals surface area contributed by atoms with E-state index in [9.17, 15) is 0 Å². The predicted molar refractivity (Wildman–Crippen MR) is 77.0 cm³/mol. The molecule has 0 aliphatic carbocycles. The highest BCUT2D eigenvalue weighted by Gasteiger charge is 2.06. The van der Waals surface area contributed by atoms with Gasteiger partial charge in [-0.2, -0.15) is 5.10 Å². The number of hydrogen-bond donors (Lipinski definition) is 1. The normalized spacial score (nSPS) is 11.0. The molecule has 0 bridgehead atoms. The molecule has 0 aliphatic rings. The van der Waals surface area contributed by atoms with Gasteiger partial charge in [-0.3, -0.25) is 5.43 Å². The number of anilines is 1. The maximum atomic E-state index is 5.99. The number of nitrogens with one attached hydrogen (secondary N) is 1. The minimum absolute atomic E-state index is 0.436. The van der Waals surface area contributed by atoms with Crippen molar-refractivity contribution < 1.29 is 0 Å². The molecule has 88 valence electrons. The third-order valence-electron chi connectivity index (χ3n) is 1.92. The third-order valence-corrected chi connectivity index (χ3v) is 3.54. The molecule has 0 aliphatic heterocycles. The lowest BCUT2D eigenvalue weighted by Gasteiger charge is -2.06. The van der Waals surface area contributed by atoms with E-state index >= 15 is 0 Å². The fourth-order valence-corrected chi connectivity index (χ4v) is 2.66. The van der Waals surface area contributed by atoms with E-state index in [1.807, 2.05) is 17.5 Å². The molecule has 1 N–H and O–H groups in total. The van der Waals surface area contributed by atoms with Crippen molar-refractivity contribution in [1.82, 2.24) is 0 Å². The van der Waals surface area contributed by atoms with Crippen LogP contribution in [-0.2, 0) is 0 Å². The number of nitrogens with zero attached hydrogens (tertiary/aromatic N) is 1. The second-order valence-electron chi connectivity index (χ2n) is 3.13. The van der Waals surface area contributed by atoms with E-state index in [1.54, 1.807) is 29.7 Å². The molecule has 0 saturated carbocycles. The average Bonchev–Trinajstić information content (AvgIpc) is 2.74. The van der Waals surface area contributed by atoms with Crippen LogP contribution in [0.1, 0.15) is 4.88 Å². The molecule has 2 nitrogen and oxygen atoms in total. The van der Waals surface area contributed by atoms with Crippen molar-refractivity contribution in [3.05, 3.63) is 49.6 Å². The Bertz CT molecular complexity index is 515. The molecule has 2 rings (SSSR count). The second-order valence-corrected chi connectivity index (χ2v) is 5.36. The molecule has 0 fully saturated rings. The molecule has 2 aromatic rings. The van der Waals surface area contributed by atoms with E-state index in [0.717, 1.165) is 4.88 Å². The van der Waals surface area contributed by atoms with Crippen LogP contribution in [0.15, 0.2) is 34.7 Å². The Labute approximate surface area is 118 Å². The van der Waals surface area contributed by atoms with Gasteiger partial charge in [-0.15, -0.1) is 11.3 Å². The van der Waals surface area contributed by atoms with Gasteiger partial charge in [0.25, 0.3) is 0 Å². The van der Waals surface area contributed by atoms with E-state index in [4.69, 9.17) is 34.8 Å². The lowest BCUT2D eigenvalue weighted by atomic mass is 10.3. The van der Waals surface area contributed by atoms with Crippen LogP contribution < -0.4 is 5.43 Å². The fraction of sp³-hybridized carbons (Fsp3) is 0. The first-order valence-electron chi connectivity index (χ1n) is 4.64. The monoisotopic (exact) mass is 304 g/mol. The van der Waals surface area contributed by atoms with Crippen molar-refractivity contribution in [2.45, 2.75) is 0 Å². The number of hydrogen-bond acceptors (Lipinski definition) is 3. The van der Waals surface area contributed by atoms with Crippen molar-refractivity contribution in [2.75, 3.05) is 5.43 Å². The summed E-state index contributed by atoms with van der Waals surface area (Å²) in [5, 5.41) is 7.40. The van der Waals surface area contributed by atoms with Crippen LogP contribution in [0.3, 0.4) is 0 Å². The summed E-state index contributed by atoms with van der Waals surface area (Å²) in [7, 11) is 0. The maximum absolute atomic E-state index is 5.99. The van der Waals surface area contributed by atoms with Crippen molar-refractivity contribution in [3.8, 4) is 0 Å². The Balaban J connectivity index is 2.14. The smallest absolute Gasteiger partial charge is 0.0935 e. The minimum atomic E-state index is 0.436. The number of halogens is 3. The zero-order valence-corrected chi connectivity index (χ0v) is 11.5. The van der Waals surface area contributed by atoms with Gasteiger partial charge in [0, 0.05) is 9.90 Å². The zero-order chi connectivity index (χ0) is 12.3. The first kappa shape index (κ1) is 12.7. The molecule has 0 saturated heterocycles. The summed E-state index contributed by atoms with van der Waals surface area (Å²) in [6.45, 7) is 0. The average molecular weight is 306 g/mol. The molecular formula is C11H7Cl3N2S. The number of thiophene rings is 1. The number of benzene rings is 1. The summed E-state index contributed by atoms with van der Waals surface area (Å²) in [4.78, 5) is 1.04. The van der Waals surface area contributed by atoms with Crippen LogP contribution in [0.2, 0.25) is 15.1 Å². The molecule has 1 heterocycles. The lowest BCUT2D eigenvalue weighted by Crippen LogP contribution is -1.91. The minimum Gasteiger partial charge on any atom is -0.275 e. The lowest BCUT2D eigenvalue weighted by molar-refractivity contribution is 1.35. The largest absolute Gasteiger partial charge is 0.275 e. The number of rotatable bonds is 3. The topological polar surface area (TPSA) is 24.4 Å². The van der Waals surface area contributed by atoms with Crippen LogP contribution >= 0.6 is 46.1 Å². The maximum Gasteiger partial charge on any atom is 0.0935 e. The predicted octanol–water partition coefficient (Wildman–Crippen LogP) is 5.15. The summed E-state index contributed by atoms with van der Waals surface area (Å²) < 4.78 is 0. The summed E-state index contributed by atoms with van der Waals surface area (Å²) in [5.74, 6) is 0. The van der Waals surface area contributed by atoms with E-state index in [-0.39, 0.29) is 0 Å². The van der Waals surface area contributed by atoms with E-state index in [1.165, 1.54) is 0 Å². The Morgan fingerprint density at radius 1 is 1.18 bits per heavy atom. The van der Waals surface area contributed by atoms with Gasteiger partial charge in [-0.25, -0.2) is 0 Å². The molecule has 1 aromatic carbocycles. The standard InChI is InChI=1S/C11H7Cl3N2S/c12-7-4-9(13)11(10(14)5-7)16-15-6-8-2-1-3-17-8/h1-6,16H/b15-6-. The Hall–Kier alpha value is -0.740. The number of hydrazone groups is 1. The quantitative estimate of drug-likeness (QED) is 0.615. The fourth-order valence-electron chi connectivity index (χ4n) is 1.17. The third kappa shape index (κ3) is 3.36. The molecule has 0 atom stereocenters. The SMILES string of the molecule is Clc1cc(Cl)c(N/N=C\c2cccs2)c(Cl)c1. The van der Waals surface area contributed by atoms with Crippen molar-refractivity contribution in [2.24, 2.45) is 5.10 Å². The highest BCUT2D eigenvalue weighted by atomic mass is 35.5. The molecule has 0 radical (unpaired) electrons. The molecule has 17 heavy (non-hydrogen) atoms. The van der Waals surface area contributed by atoms with Gasteiger partial charge < -0.3 is 0 Å². The van der Waals surface area contributed by atoms with Crippen molar-refractivity contribution in [1.29, 1.82) is 0 Å². The van der Waals surface area contributed by atoms with Crippen LogP contribution in [0.25, 0.3) is 0 Å². The van der Waals surface area contributed by atoms with Crippen LogP contribution in [0.4, 0.5) is 5.69 Å². The van der Waals surface area contributed by atoms with E-state index in [2.05, 4.69) is 10.5 Å². The van der Waals surface area contributed by atoms with Gasteiger partial charge in [-0.1, -0.05) is 40.9 Å². The first-order valence-corrected chi connectivity index (χ1v) is 6.65. The molecule has 0 unspecified atom stereocenters.